The van der Waals surface area contributed by atoms with E-state index < -0.39 is 22.2 Å². The minimum Gasteiger partial charge on any atom is -0.490 e. The zero-order valence-corrected chi connectivity index (χ0v) is 30.0. The van der Waals surface area contributed by atoms with Crippen molar-refractivity contribution in [2.24, 2.45) is 5.92 Å². The second-order valence-electron chi connectivity index (χ2n) is 13.4. The number of amides is 3. The first-order valence-electron chi connectivity index (χ1n) is 17.1. The van der Waals surface area contributed by atoms with E-state index in [2.05, 4.69) is 15.8 Å². The van der Waals surface area contributed by atoms with Crippen molar-refractivity contribution in [3.63, 3.8) is 0 Å². The first kappa shape index (κ1) is 37.6. The molecule has 48 heavy (non-hydrogen) atoms. The largest absolute Gasteiger partial charge is 0.490 e. The Morgan fingerprint density at radius 2 is 1.83 bits per heavy atom. The number of urea groups is 1. The Hall–Kier alpha value is -3.20. The Labute approximate surface area is 284 Å². The summed E-state index contributed by atoms with van der Waals surface area (Å²) in [4.78, 5) is 28.9. The molecule has 1 aliphatic carbocycles. The predicted molar refractivity (Wildman–Crippen MR) is 182 cm³/mol. The van der Waals surface area contributed by atoms with Crippen molar-refractivity contribution < 1.29 is 37.1 Å². The first-order valence-corrected chi connectivity index (χ1v) is 18.6. The van der Waals surface area contributed by atoms with Crippen molar-refractivity contribution >= 4 is 27.6 Å². The zero-order chi connectivity index (χ0) is 35.0. The van der Waals surface area contributed by atoms with Crippen molar-refractivity contribution in [2.45, 2.75) is 115 Å². The molecular formula is C34H53N5O8S. The average molecular weight is 692 g/mol. The third kappa shape index (κ3) is 9.48. The number of carbonyl (C=O) groups excluding carboxylic acids is 2. The van der Waals surface area contributed by atoms with Crippen molar-refractivity contribution in [2.75, 3.05) is 38.7 Å². The number of ether oxygens (including phenoxy) is 2. The zero-order valence-electron chi connectivity index (χ0n) is 29.2. The molecule has 2 heterocycles. The van der Waals surface area contributed by atoms with Gasteiger partial charge in [-0.25, -0.2) is 13.2 Å². The van der Waals surface area contributed by atoms with Crippen LogP contribution < -0.4 is 15.4 Å². The third-order valence-corrected chi connectivity index (χ3v) is 11.4. The monoisotopic (exact) mass is 691 g/mol. The van der Waals surface area contributed by atoms with Gasteiger partial charge in [-0.15, -0.1) is 0 Å². The van der Waals surface area contributed by atoms with Crippen LogP contribution in [0.4, 0.5) is 10.5 Å². The Bertz CT molecular complexity index is 1470. The van der Waals surface area contributed by atoms with E-state index in [1.165, 1.54) is 17.8 Å². The maximum absolute atomic E-state index is 14.4. The topological polar surface area (TPSA) is 164 Å². The van der Waals surface area contributed by atoms with E-state index in [9.17, 15) is 23.1 Å². The molecule has 3 amide bonds. The number of fused-ring (bicyclic) bond motifs is 1. The number of rotatable bonds is 8. The average Bonchev–Trinajstić information content (AvgIpc) is 3.40. The number of likely N-dealkylation sites (N-methyl/N-ethyl adjacent to an activating group) is 1. The molecule has 4 atom stereocenters. The van der Waals surface area contributed by atoms with Crippen LogP contribution in [0, 0.1) is 19.8 Å². The minimum atomic E-state index is -3.94. The number of carbonyl (C=O) groups is 2. The summed E-state index contributed by atoms with van der Waals surface area (Å²) in [5.74, 6) is -0.111. The van der Waals surface area contributed by atoms with Crippen LogP contribution in [0.3, 0.4) is 0 Å². The standard InChI is InChI=1S/C34H53N5O8S/c1-22-19-39(23(2)21-40)33(41)29-18-28(36-34(42)35-27-13-8-7-9-14-27)15-16-30(29)46-24(3)12-10-11-17-45-31(22)20-38(6)48(43,44)32-25(4)37-47-26(32)5/h15-16,18,22-24,27,31,40H,7-14,17,19-21H2,1-6H3,(H2,35,36,42)/t22-,23-,24+,31+/m0/s1. The molecule has 0 spiro atoms. The number of sulfonamides is 1. The van der Waals surface area contributed by atoms with Crippen LogP contribution in [0.25, 0.3) is 0 Å². The van der Waals surface area contributed by atoms with Crippen LogP contribution in [0.5, 0.6) is 5.75 Å². The molecule has 2 aliphatic rings. The van der Waals surface area contributed by atoms with Gasteiger partial charge in [0.05, 0.1) is 30.4 Å². The van der Waals surface area contributed by atoms with Crippen LogP contribution in [0.1, 0.15) is 93.9 Å². The molecular weight excluding hydrogens is 638 g/mol. The number of aliphatic hydroxyl groups is 1. The van der Waals surface area contributed by atoms with Crippen molar-refractivity contribution in [3.8, 4) is 5.75 Å². The Balaban J connectivity index is 1.61. The van der Waals surface area contributed by atoms with Crippen molar-refractivity contribution in [1.82, 2.24) is 19.7 Å². The quantitative estimate of drug-likeness (QED) is 0.351. The molecule has 1 aliphatic heterocycles. The van der Waals surface area contributed by atoms with Gasteiger partial charge in [-0.05, 0) is 78.0 Å². The van der Waals surface area contributed by atoms with Crippen LogP contribution in [0.2, 0.25) is 0 Å². The highest BCUT2D eigenvalue weighted by Gasteiger charge is 2.34. The van der Waals surface area contributed by atoms with E-state index in [-0.39, 0.29) is 71.6 Å². The highest BCUT2D eigenvalue weighted by Crippen LogP contribution is 2.29. The van der Waals surface area contributed by atoms with Crippen LogP contribution in [-0.4, -0.2) is 97.5 Å². The van der Waals surface area contributed by atoms with Crippen LogP contribution >= 0.6 is 0 Å². The number of nitrogens with one attached hydrogen (secondary N) is 2. The lowest BCUT2D eigenvalue weighted by atomic mass is 9.96. The number of aliphatic hydroxyl groups excluding tert-OH is 1. The molecule has 0 unspecified atom stereocenters. The molecule has 1 aromatic carbocycles. The highest BCUT2D eigenvalue weighted by atomic mass is 32.2. The van der Waals surface area contributed by atoms with Crippen molar-refractivity contribution in [3.05, 3.63) is 35.2 Å². The van der Waals surface area contributed by atoms with Gasteiger partial charge in [0, 0.05) is 44.4 Å². The Kier molecular flexibility index (Phi) is 13.3. The molecule has 1 fully saturated rings. The van der Waals surface area contributed by atoms with E-state index in [0.29, 0.717) is 24.5 Å². The Morgan fingerprint density at radius 1 is 1.12 bits per heavy atom. The summed E-state index contributed by atoms with van der Waals surface area (Å²) in [6.07, 6.45) is 6.70. The van der Waals surface area contributed by atoms with Gasteiger partial charge in [-0.3, -0.25) is 4.79 Å². The molecule has 0 radical (unpaired) electrons. The first-order chi connectivity index (χ1) is 22.8. The van der Waals surface area contributed by atoms with Gasteiger partial charge in [-0.2, -0.15) is 4.31 Å². The highest BCUT2D eigenvalue weighted by molar-refractivity contribution is 7.89. The van der Waals surface area contributed by atoms with Gasteiger partial charge in [0.25, 0.3) is 5.91 Å². The number of aryl methyl sites for hydroxylation is 2. The lowest BCUT2D eigenvalue weighted by Gasteiger charge is -2.35. The maximum atomic E-state index is 14.4. The third-order valence-electron chi connectivity index (χ3n) is 9.32. The molecule has 14 heteroatoms. The lowest BCUT2D eigenvalue weighted by Crippen LogP contribution is -2.48. The SMILES string of the molecule is Cc1noc(C)c1S(=O)(=O)N(C)C[C@H]1OCCCC[C@@H](C)Oc2ccc(NC(=O)NC3CCCCC3)cc2C(=O)N([C@@H](C)CO)C[C@@H]1C. The minimum absolute atomic E-state index is 0.0311. The van der Waals surface area contributed by atoms with Gasteiger partial charge in [0.15, 0.2) is 5.76 Å². The molecule has 13 nitrogen and oxygen atoms in total. The summed E-state index contributed by atoms with van der Waals surface area (Å²) in [7, 11) is -2.44. The molecule has 2 aromatic rings. The second kappa shape index (κ2) is 17.0. The number of hydrogen-bond donors (Lipinski definition) is 3. The maximum Gasteiger partial charge on any atom is 0.319 e. The number of anilines is 1. The van der Waals surface area contributed by atoms with E-state index in [4.69, 9.17) is 14.0 Å². The van der Waals surface area contributed by atoms with Crippen molar-refractivity contribution in [1.29, 1.82) is 0 Å². The van der Waals surface area contributed by atoms with Gasteiger partial charge in [-0.1, -0.05) is 31.3 Å². The molecule has 1 aromatic heterocycles. The molecule has 0 bridgehead atoms. The fraction of sp³-hybridized carbons (Fsp3) is 0.676. The van der Waals surface area contributed by atoms with Gasteiger partial charge in [0.1, 0.15) is 16.3 Å². The molecule has 3 N–H and O–H groups in total. The lowest BCUT2D eigenvalue weighted by molar-refractivity contribution is -0.00835. The summed E-state index contributed by atoms with van der Waals surface area (Å²) in [5.41, 5.74) is 0.991. The van der Waals surface area contributed by atoms with Gasteiger partial charge < -0.3 is 34.6 Å². The van der Waals surface area contributed by atoms with Gasteiger partial charge >= 0.3 is 6.03 Å². The summed E-state index contributed by atoms with van der Waals surface area (Å²) >= 11 is 0. The molecule has 1 saturated carbocycles. The second-order valence-corrected chi connectivity index (χ2v) is 15.4. The summed E-state index contributed by atoms with van der Waals surface area (Å²) in [6.45, 7) is 9.06. The van der Waals surface area contributed by atoms with Gasteiger partial charge in [0.2, 0.25) is 10.0 Å². The summed E-state index contributed by atoms with van der Waals surface area (Å²) in [5, 5.41) is 20.0. The molecule has 0 saturated heterocycles. The smallest absolute Gasteiger partial charge is 0.319 e. The van der Waals surface area contributed by atoms with E-state index in [1.54, 1.807) is 43.9 Å². The van der Waals surface area contributed by atoms with Crippen LogP contribution in [-0.2, 0) is 14.8 Å². The van der Waals surface area contributed by atoms with E-state index >= 15 is 0 Å². The number of aromatic nitrogens is 1. The normalized spacial score (nSPS) is 22.8. The predicted octanol–water partition coefficient (Wildman–Crippen LogP) is 4.86. The molecule has 268 valence electrons. The van der Waals surface area contributed by atoms with E-state index in [1.807, 2.05) is 13.8 Å². The number of nitrogens with zero attached hydrogens (tertiary/aromatic N) is 3. The summed E-state index contributed by atoms with van der Waals surface area (Å²) in [6, 6.07) is 4.28. The Morgan fingerprint density at radius 3 is 2.50 bits per heavy atom. The fourth-order valence-corrected chi connectivity index (χ4v) is 7.88. The van der Waals surface area contributed by atoms with E-state index in [0.717, 1.165) is 38.5 Å². The number of hydrogen-bond acceptors (Lipinski definition) is 9. The molecule has 4 rings (SSSR count). The fourth-order valence-electron chi connectivity index (χ4n) is 6.41. The number of benzene rings is 1. The summed E-state index contributed by atoms with van der Waals surface area (Å²) < 4.78 is 46.1. The van der Waals surface area contributed by atoms with Crippen LogP contribution in [0.15, 0.2) is 27.6 Å².